The number of halogens is 3. The van der Waals surface area contributed by atoms with Crippen molar-refractivity contribution < 1.29 is 22.9 Å². The SMILES string of the molecule is Cc1ccc(CNC(=O)[C@H](C)Nc2ccc(C(F)(F)F)cc2[N+](=O)[O-])cc1. The van der Waals surface area contributed by atoms with Gasteiger partial charge >= 0.3 is 6.18 Å². The van der Waals surface area contributed by atoms with Gasteiger partial charge in [0.25, 0.3) is 5.69 Å². The molecule has 0 radical (unpaired) electrons. The number of nitrogens with zero attached hydrogens (tertiary/aromatic N) is 1. The van der Waals surface area contributed by atoms with Crippen molar-refractivity contribution in [2.45, 2.75) is 32.6 Å². The van der Waals surface area contributed by atoms with E-state index in [1.165, 1.54) is 6.92 Å². The smallest absolute Gasteiger partial charge is 0.368 e. The van der Waals surface area contributed by atoms with Gasteiger partial charge in [-0.3, -0.25) is 14.9 Å². The van der Waals surface area contributed by atoms with Crippen molar-refractivity contribution >= 4 is 17.3 Å². The number of nitrogens with one attached hydrogen (secondary N) is 2. The third-order valence-electron chi connectivity index (χ3n) is 3.87. The van der Waals surface area contributed by atoms with Crippen LogP contribution >= 0.6 is 0 Å². The molecular weight excluding hydrogens is 363 g/mol. The summed E-state index contributed by atoms with van der Waals surface area (Å²) in [6.07, 6.45) is -4.69. The van der Waals surface area contributed by atoms with Gasteiger partial charge in [0.2, 0.25) is 5.91 Å². The average molecular weight is 381 g/mol. The fourth-order valence-electron chi connectivity index (χ4n) is 2.33. The molecule has 2 N–H and O–H groups in total. The van der Waals surface area contributed by atoms with Crippen molar-refractivity contribution in [3.05, 3.63) is 69.3 Å². The topological polar surface area (TPSA) is 84.3 Å². The van der Waals surface area contributed by atoms with Crippen LogP contribution in [0.25, 0.3) is 0 Å². The van der Waals surface area contributed by atoms with Crippen molar-refractivity contribution in [1.82, 2.24) is 5.32 Å². The predicted octanol–water partition coefficient (Wildman–Crippen LogP) is 4.04. The number of aryl methyl sites for hydroxylation is 1. The van der Waals surface area contributed by atoms with E-state index in [0.29, 0.717) is 6.07 Å². The maximum absolute atomic E-state index is 12.7. The van der Waals surface area contributed by atoms with Gasteiger partial charge in [-0.1, -0.05) is 29.8 Å². The number of nitro benzene ring substituents is 1. The molecular formula is C18H18F3N3O3. The highest BCUT2D eigenvalue weighted by molar-refractivity contribution is 5.85. The van der Waals surface area contributed by atoms with Gasteiger partial charge in [0, 0.05) is 12.6 Å². The third-order valence-corrected chi connectivity index (χ3v) is 3.87. The van der Waals surface area contributed by atoms with E-state index < -0.39 is 34.3 Å². The van der Waals surface area contributed by atoms with Gasteiger partial charge in [-0.2, -0.15) is 13.2 Å². The first-order valence-electron chi connectivity index (χ1n) is 8.03. The van der Waals surface area contributed by atoms with E-state index in [2.05, 4.69) is 10.6 Å². The van der Waals surface area contributed by atoms with E-state index in [4.69, 9.17) is 0 Å². The molecule has 0 saturated carbocycles. The van der Waals surface area contributed by atoms with Crippen LogP contribution in [-0.4, -0.2) is 16.9 Å². The Morgan fingerprint density at radius 2 is 1.81 bits per heavy atom. The minimum atomic E-state index is -4.69. The molecule has 1 amide bonds. The molecule has 27 heavy (non-hydrogen) atoms. The van der Waals surface area contributed by atoms with Crippen LogP contribution in [-0.2, 0) is 17.5 Å². The Morgan fingerprint density at radius 3 is 2.37 bits per heavy atom. The van der Waals surface area contributed by atoms with Gasteiger partial charge in [-0.15, -0.1) is 0 Å². The number of carbonyl (C=O) groups excluding carboxylic acids is 1. The maximum Gasteiger partial charge on any atom is 0.416 e. The molecule has 0 fully saturated rings. The normalized spacial score (nSPS) is 12.3. The average Bonchev–Trinajstić information content (AvgIpc) is 2.60. The van der Waals surface area contributed by atoms with Crippen LogP contribution in [0.2, 0.25) is 0 Å². The Hall–Kier alpha value is -3.10. The zero-order valence-corrected chi connectivity index (χ0v) is 14.6. The van der Waals surface area contributed by atoms with Gasteiger partial charge < -0.3 is 10.6 Å². The van der Waals surface area contributed by atoms with Crippen molar-refractivity contribution in [1.29, 1.82) is 0 Å². The van der Waals surface area contributed by atoms with Crippen molar-refractivity contribution in [2.24, 2.45) is 0 Å². The summed E-state index contributed by atoms with van der Waals surface area (Å²) in [7, 11) is 0. The summed E-state index contributed by atoms with van der Waals surface area (Å²) in [6.45, 7) is 3.66. The fourth-order valence-corrected chi connectivity index (χ4v) is 2.33. The molecule has 2 rings (SSSR count). The lowest BCUT2D eigenvalue weighted by atomic mass is 10.1. The molecule has 144 valence electrons. The molecule has 0 aromatic heterocycles. The monoisotopic (exact) mass is 381 g/mol. The second-order valence-corrected chi connectivity index (χ2v) is 6.06. The Morgan fingerprint density at radius 1 is 1.19 bits per heavy atom. The first kappa shape index (κ1) is 20.2. The fraction of sp³-hybridized carbons (Fsp3) is 0.278. The van der Waals surface area contributed by atoms with Gasteiger partial charge in [0.1, 0.15) is 11.7 Å². The first-order chi connectivity index (χ1) is 12.6. The van der Waals surface area contributed by atoms with E-state index in [-0.39, 0.29) is 12.2 Å². The molecule has 0 aliphatic rings. The number of alkyl halides is 3. The summed E-state index contributed by atoms with van der Waals surface area (Å²) >= 11 is 0. The number of hydrogen-bond donors (Lipinski definition) is 2. The number of hydrogen-bond acceptors (Lipinski definition) is 4. The van der Waals surface area contributed by atoms with E-state index in [9.17, 15) is 28.1 Å². The molecule has 0 spiro atoms. The van der Waals surface area contributed by atoms with Crippen molar-refractivity contribution in [2.75, 3.05) is 5.32 Å². The van der Waals surface area contributed by atoms with Crippen LogP contribution in [0, 0.1) is 17.0 Å². The second kappa shape index (κ2) is 8.07. The van der Waals surface area contributed by atoms with Crippen LogP contribution in [0.4, 0.5) is 24.5 Å². The zero-order chi connectivity index (χ0) is 20.2. The van der Waals surface area contributed by atoms with E-state index in [1.54, 1.807) is 0 Å². The summed E-state index contributed by atoms with van der Waals surface area (Å²) in [4.78, 5) is 22.3. The zero-order valence-electron chi connectivity index (χ0n) is 14.6. The van der Waals surface area contributed by atoms with Gasteiger partial charge in [0.05, 0.1) is 10.5 Å². The molecule has 0 aliphatic carbocycles. The van der Waals surface area contributed by atoms with Crippen molar-refractivity contribution in [3.63, 3.8) is 0 Å². The number of carbonyl (C=O) groups is 1. The van der Waals surface area contributed by atoms with Crippen LogP contribution in [0.3, 0.4) is 0 Å². The second-order valence-electron chi connectivity index (χ2n) is 6.06. The maximum atomic E-state index is 12.7. The van der Waals surface area contributed by atoms with Crippen LogP contribution < -0.4 is 10.6 Å². The Bertz CT molecular complexity index is 836. The number of anilines is 1. The van der Waals surface area contributed by atoms with Gasteiger partial charge in [-0.05, 0) is 31.5 Å². The minimum Gasteiger partial charge on any atom is -0.368 e. The molecule has 6 nitrogen and oxygen atoms in total. The largest absolute Gasteiger partial charge is 0.416 e. The molecule has 0 aliphatic heterocycles. The highest BCUT2D eigenvalue weighted by Gasteiger charge is 2.33. The molecule has 1 atom stereocenters. The Kier molecular flexibility index (Phi) is 6.04. The molecule has 2 aromatic carbocycles. The lowest BCUT2D eigenvalue weighted by molar-refractivity contribution is -0.384. The van der Waals surface area contributed by atoms with Crippen LogP contribution in [0.1, 0.15) is 23.6 Å². The third kappa shape index (κ3) is 5.44. The standard InChI is InChI=1S/C18H18F3N3O3/c1-11-3-5-13(6-4-11)10-22-17(25)12(2)23-15-8-7-14(18(19,20)21)9-16(15)24(26)27/h3-9,12,23H,10H2,1-2H3,(H,22,25)/t12-/m0/s1. The minimum absolute atomic E-state index is 0.161. The van der Waals surface area contributed by atoms with E-state index in [0.717, 1.165) is 23.3 Å². The van der Waals surface area contributed by atoms with Crippen LogP contribution in [0.15, 0.2) is 42.5 Å². The number of amides is 1. The molecule has 0 saturated heterocycles. The molecule has 0 heterocycles. The number of nitro groups is 1. The Balaban J connectivity index is 2.07. The molecule has 2 aromatic rings. The summed E-state index contributed by atoms with van der Waals surface area (Å²) in [6, 6.07) is 8.74. The summed E-state index contributed by atoms with van der Waals surface area (Å²) < 4.78 is 38.2. The predicted molar refractivity (Wildman–Crippen MR) is 94.2 cm³/mol. The quantitative estimate of drug-likeness (QED) is 0.584. The van der Waals surface area contributed by atoms with Gasteiger partial charge in [0.15, 0.2) is 0 Å². The Labute approximate surface area is 153 Å². The van der Waals surface area contributed by atoms with Gasteiger partial charge in [-0.25, -0.2) is 0 Å². The van der Waals surface area contributed by atoms with E-state index in [1.807, 2.05) is 31.2 Å². The van der Waals surface area contributed by atoms with E-state index >= 15 is 0 Å². The molecule has 0 bridgehead atoms. The highest BCUT2D eigenvalue weighted by atomic mass is 19.4. The summed E-state index contributed by atoms with van der Waals surface area (Å²) in [5.41, 5.74) is -0.0818. The van der Waals surface area contributed by atoms with Crippen LogP contribution in [0.5, 0.6) is 0 Å². The van der Waals surface area contributed by atoms with Crippen molar-refractivity contribution in [3.8, 4) is 0 Å². The number of benzene rings is 2. The summed E-state index contributed by atoms with van der Waals surface area (Å²) in [5, 5.41) is 16.4. The number of rotatable bonds is 6. The molecule has 0 unspecified atom stereocenters. The lowest BCUT2D eigenvalue weighted by Crippen LogP contribution is -2.37. The highest BCUT2D eigenvalue weighted by Crippen LogP contribution is 2.35. The molecule has 9 heteroatoms. The first-order valence-corrected chi connectivity index (χ1v) is 8.03. The lowest BCUT2D eigenvalue weighted by Gasteiger charge is -2.16. The summed E-state index contributed by atoms with van der Waals surface area (Å²) in [5.74, 6) is -0.440.